The van der Waals surface area contributed by atoms with E-state index < -0.39 is 0 Å². The highest BCUT2D eigenvalue weighted by Crippen LogP contribution is 2.68. The third-order valence-corrected chi connectivity index (χ3v) is 13.5. The van der Waals surface area contributed by atoms with Gasteiger partial charge in [0.15, 0.2) is 0 Å². The minimum Gasteiger partial charge on any atom is -0.161 e. The molecule has 1 heteroatoms. The number of hydrogen-bond donors (Lipinski definition) is 0. The molecular formula is C39H68S. The Morgan fingerprint density at radius 2 is 1.27 bits per heavy atom. The molecule has 4 rings (SSSR count). The van der Waals surface area contributed by atoms with Gasteiger partial charge in [0, 0.05) is 0 Å². The van der Waals surface area contributed by atoms with E-state index in [4.69, 9.17) is 0 Å². The molecule has 0 aromatic heterocycles. The monoisotopic (exact) mass is 569 g/mol. The molecule has 1 saturated carbocycles. The summed E-state index contributed by atoms with van der Waals surface area (Å²) in [7, 11) is 0. The highest BCUT2D eigenvalue weighted by atomic mass is 32.2. The van der Waals surface area contributed by atoms with Crippen molar-refractivity contribution in [2.45, 2.75) is 142 Å². The van der Waals surface area contributed by atoms with Gasteiger partial charge in [-0.05, 0) is 118 Å². The fourth-order valence-electron chi connectivity index (χ4n) is 9.89. The lowest BCUT2D eigenvalue weighted by Crippen LogP contribution is -2.38. The van der Waals surface area contributed by atoms with Gasteiger partial charge in [-0.3, -0.25) is 0 Å². The van der Waals surface area contributed by atoms with E-state index >= 15 is 0 Å². The molecule has 1 aliphatic heterocycles. The van der Waals surface area contributed by atoms with E-state index in [9.17, 15) is 0 Å². The molecule has 40 heavy (non-hydrogen) atoms. The maximum Gasteiger partial charge on any atom is -0.00308 e. The molecule has 0 bridgehead atoms. The van der Waals surface area contributed by atoms with Gasteiger partial charge >= 0.3 is 0 Å². The molecule has 0 amide bonds. The van der Waals surface area contributed by atoms with Crippen molar-refractivity contribution < 1.29 is 0 Å². The second kappa shape index (κ2) is 10.5. The summed E-state index contributed by atoms with van der Waals surface area (Å²) in [6.45, 7) is 38.0. The van der Waals surface area contributed by atoms with Crippen LogP contribution < -0.4 is 0 Å². The summed E-state index contributed by atoms with van der Waals surface area (Å²) in [4.78, 5) is 0. The first kappa shape index (κ1) is 32.7. The lowest BCUT2D eigenvalue weighted by Gasteiger charge is -2.45. The Morgan fingerprint density at radius 1 is 0.700 bits per heavy atom. The highest BCUT2D eigenvalue weighted by molar-refractivity contribution is 7.99. The predicted molar refractivity (Wildman–Crippen MR) is 181 cm³/mol. The van der Waals surface area contributed by atoms with Gasteiger partial charge in [0.2, 0.25) is 0 Å². The van der Waals surface area contributed by atoms with E-state index in [1.807, 2.05) is 16.7 Å². The summed E-state index contributed by atoms with van der Waals surface area (Å²) in [6.07, 6.45) is 10.8. The topological polar surface area (TPSA) is 0 Å². The third kappa shape index (κ3) is 6.36. The molecule has 0 N–H and O–H groups in total. The molecule has 6 atom stereocenters. The van der Waals surface area contributed by atoms with Crippen molar-refractivity contribution in [2.75, 3.05) is 11.5 Å². The summed E-state index contributed by atoms with van der Waals surface area (Å²) < 4.78 is 0. The molecule has 0 spiro atoms. The molecule has 1 saturated heterocycles. The van der Waals surface area contributed by atoms with Crippen molar-refractivity contribution >= 4 is 11.8 Å². The molecule has 0 nitrogen and oxygen atoms in total. The summed E-state index contributed by atoms with van der Waals surface area (Å²) in [5.41, 5.74) is 7.53. The largest absolute Gasteiger partial charge is 0.161 e. The first-order valence-electron chi connectivity index (χ1n) is 17.0. The smallest absolute Gasteiger partial charge is 0.00308 e. The van der Waals surface area contributed by atoms with Crippen LogP contribution in [0, 0.1) is 68.0 Å². The van der Waals surface area contributed by atoms with E-state index in [-0.39, 0.29) is 10.8 Å². The first-order chi connectivity index (χ1) is 18.0. The zero-order chi connectivity index (χ0) is 30.3. The van der Waals surface area contributed by atoms with E-state index in [0.717, 1.165) is 35.5 Å². The summed E-state index contributed by atoms with van der Waals surface area (Å²) >= 11 is 2.21. The van der Waals surface area contributed by atoms with Crippen LogP contribution in [0.5, 0.6) is 0 Å². The Labute approximate surface area is 255 Å². The van der Waals surface area contributed by atoms with Gasteiger partial charge < -0.3 is 0 Å². The Morgan fingerprint density at radius 3 is 1.82 bits per heavy atom. The first-order valence-corrected chi connectivity index (χ1v) is 18.2. The van der Waals surface area contributed by atoms with Gasteiger partial charge in [-0.25, -0.2) is 0 Å². The van der Waals surface area contributed by atoms with E-state index in [0.29, 0.717) is 21.7 Å². The molecule has 0 aromatic carbocycles. The maximum atomic E-state index is 2.69. The van der Waals surface area contributed by atoms with Crippen LogP contribution in [0.15, 0.2) is 22.8 Å². The van der Waals surface area contributed by atoms with Crippen LogP contribution in [-0.2, 0) is 0 Å². The molecule has 230 valence electrons. The van der Waals surface area contributed by atoms with Gasteiger partial charge in [0.1, 0.15) is 0 Å². The number of rotatable bonds is 8. The maximum absolute atomic E-state index is 2.69. The molecule has 3 aliphatic carbocycles. The number of hydrogen-bond acceptors (Lipinski definition) is 1. The van der Waals surface area contributed by atoms with E-state index in [1.54, 1.807) is 0 Å². The molecule has 2 fully saturated rings. The number of allylic oxidation sites excluding steroid dienone is 4. The molecule has 4 aliphatic rings. The van der Waals surface area contributed by atoms with Gasteiger partial charge in [-0.15, -0.1) is 0 Å². The van der Waals surface area contributed by atoms with Crippen LogP contribution in [0.25, 0.3) is 0 Å². The van der Waals surface area contributed by atoms with Gasteiger partial charge in [0.05, 0.1) is 0 Å². The minimum atomic E-state index is 0.277. The average molecular weight is 569 g/mol. The van der Waals surface area contributed by atoms with Crippen LogP contribution in [0.2, 0.25) is 0 Å². The van der Waals surface area contributed by atoms with Gasteiger partial charge in [0.25, 0.3) is 0 Å². The summed E-state index contributed by atoms with van der Waals surface area (Å²) in [5, 5.41) is 0. The van der Waals surface area contributed by atoms with Crippen LogP contribution >= 0.6 is 11.8 Å². The Hall–Kier alpha value is -0.170. The standard InChI is InChI=1S/C39H68S/c1-34(2,3)30-23-40-24-31(30)38(12,13)20-19-37(10,11)28-17-16-18-29(28)39(14,15)22-27-25-21-26(25)32(35(4,5)6)33(27)36(7,8)9/h17,25-27,29-31H,16,18-24H2,1-15H3. The van der Waals surface area contributed by atoms with Gasteiger partial charge in [-0.2, -0.15) is 11.8 Å². The second-order valence-corrected chi connectivity index (χ2v) is 21.0. The van der Waals surface area contributed by atoms with E-state index in [1.165, 1.54) is 50.0 Å². The summed E-state index contributed by atoms with van der Waals surface area (Å²) in [5.74, 6) is 7.70. The van der Waals surface area contributed by atoms with Crippen LogP contribution in [-0.4, -0.2) is 11.5 Å². The third-order valence-electron chi connectivity index (χ3n) is 12.3. The van der Waals surface area contributed by atoms with Crippen molar-refractivity contribution in [3.63, 3.8) is 0 Å². The number of thioether (sulfide) groups is 1. The lowest BCUT2D eigenvalue weighted by molar-refractivity contribution is 0.0825. The number of fused-ring (bicyclic) bond motifs is 1. The highest BCUT2D eigenvalue weighted by Gasteiger charge is 2.58. The zero-order valence-electron chi connectivity index (χ0n) is 29.6. The van der Waals surface area contributed by atoms with Crippen LogP contribution in [0.1, 0.15) is 142 Å². The fourth-order valence-corrected chi connectivity index (χ4v) is 12.0. The Bertz CT molecular complexity index is 995. The van der Waals surface area contributed by atoms with Gasteiger partial charge in [-0.1, -0.05) is 127 Å². The minimum absolute atomic E-state index is 0.277. The Balaban J connectivity index is 1.51. The van der Waals surface area contributed by atoms with Crippen molar-refractivity contribution in [3.8, 4) is 0 Å². The van der Waals surface area contributed by atoms with Crippen molar-refractivity contribution in [3.05, 3.63) is 22.8 Å². The molecule has 0 radical (unpaired) electrons. The lowest BCUT2D eigenvalue weighted by atomic mass is 9.59. The molecule has 0 aromatic rings. The second-order valence-electron chi connectivity index (χ2n) is 19.9. The van der Waals surface area contributed by atoms with Crippen molar-refractivity contribution in [2.24, 2.45) is 68.0 Å². The SMILES string of the molecule is CC(C)(C)C1=C(C(C)(C)C)C(CC(C)(C)C2CCC=C2C(C)(C)CCC(C)(C)C2CSCC2C(C)(C)C)C2CC12. The normalized spacial score (nSPS) is 32.1. The predicted octanol–water partition coefficient (Wildman–Crippen LogP) is 12.3. The molecule has 6 unspecified atom stereocenters. The molecular weight excluding hydrogens is 500 g/mol. The van der Waals surface area contributed by atoms with E-state index in [2.05, 4.69) is 122 Å². The zero-order valence-corrected chi connectivity index (χ0v) is 30.4. The van der Waals surface area contributed by atoms with Crippen LogP contribution in [0.3, 0.4) is 0 Å². The average Bonchev–Trinajstić information content (AvgIpc) is 3.17. The molecule has 1 heterocycles. The van der Waals surface area contributed by atoms with Crippen molar-refractivity contribution in [1.82, 2.24) is 0 Å². The van der Waals surface area contributed by atoms with Crippen molar-refractivity contribution in [1.29, 1.82) is 0 Å². The summed E-state index contributed by atoms with van der Waals surface area (Å²) in [6, 6.07) is 0. The quantitative estimate of drug-likeness (QED) is 0.262. The fraction of sp³-hybridized carbons (Fsp3) is 0.897. The van der Waals surface area contributed by atoms with Crippen LogP contribution in [0.4, 0.5) is 0 Å². The Kier molecular flexibility index (Phi) is 8.57.